The van der Waals surface area contributed by atoms with Gasteiger partial charge in [-0.1, -0.05) is 24.3 Å². The van der Waals surface area contributed by atoms with E-state index < -0.39 is 15.8 Å². The molecule has 2 aliphatic heterocycles. The Labute approximate surface area is 152 Å². The molecule has 0 amide bonds. The molecule has 2 heterocycles. The highest BCUT2D eigenvalue weighted by Gasteiger charge is 2.50. The van der Waals surface area contributed by atoms with Crippen LogP contribution in [0.2, 0.25) is 0 Å². The van der Waals surface area contributed by atoms with Gasteiger partial charge in [-0.05, 0) is 24.3 Å². The lowest BCUT2D eigenvalue weighted by Crippen LogP contribution is -2.35. The fourth-order valence-corrected chi connectivity index (χ4v) is 5.75. The molecule has 2 aliphatic rings. The molecule has 0 bridgehead atoms. The van der Waals surface area contributed by atoms with Crippen LogP contribution in [0.3, 0.4) is 0 Å². The second-order valence-corrected chi connectivity index (χ2v) is 8.60. The van der Waals surface area contributed by atoms with Crippen molar-refractivity contribution in [2.45, 2.75) is 10.9 Å². The molecule has 7 heteroatoms. The molecule has 0 unspecified atom stereocenters. The third-order valence-corrected chi connectivity index (χ3v) is 7.03. The Hall–Kier alpha value is -1.96. The second-order valence-electron chi connectivity index (χ2n) is 6.71. The Morgan fingerprint density at radius 1 is 1.23 bits per heavy atom. The SMILES string of the molecule is COC[C@@H]1CN(S(=O)(=O)c2cccc(F)c2)[C@H]2c3ccccc3OC[C@@H]12. The van der Waals surface area contributed by atoms with E-state index >= 15 is 0 Å². The maximum atomic E-state index is 13.6. The van der Waals surface area contributed by atoms with E-state index in [2.05, 4.69) is 0 Å². The Bertz CT molecular complexity index is 917. The fourth-order valence-electron chi connectivity index (χ4n) is 4.01. The van der Waals surface area contributed by atoms with Crippen LogP contribution in [0.4, 0.5) is 4.39 Å². The predicted octanol–water partition coefficient (Wildman–Crippen LogP) is 2.84. The van der Waals surface area contributed by atoms with Gasteiger partial charge >= 0.3 is 0 Å². The number of para-hydroxylation sites is 1. The van der Waals surface area contributed by atoms with Crippen molar-refractivity contribution in [3.05, 3.63) is 59.9 Å². The van der Waals surface area contributed by atoms with Crippen LogP contribution in [0, 0.1) is 17.7 Å². The molecule has 138 valence electrons. The Morgan fingerprint density at radius 3 is 2.81 bits per heavy atom. The molecule has 4 rings (SSSR count). The van der Waals surface area contributed by atoms with Crippen LogP contribution in [0.1, 0.15) is 11.6 Å². The monoisotopic (exact) mass is 377 g/mol. The number of benzene rings is 2. The van der Waals surface area contributed by atoms with Crippen LogP contribution in [0.5, 0.6) is 5.75 Å². The van der Waals surface area contributed by atoms with Gasteiger partial charge in [-0.15, -0.1) is 0 Å². The van der Waals surface area contributed by atoms with Crippen molar-refractivity contribution >= 4 is 10.0 Å². The van der Waals surface area contributed by atoms with Crippen molar-refractivity contribution < 1.29 is 22.3 Å². The standard InChI is InChI=1S/C19H20FNO4S/c1-24-11-13-10-21(26(22,23)15-6-4-5-14(20)9-15)19-16-7-2-3-8-18(16)25-12-17(13)19/h2-9,13,17,19H,10-12H2,1H3/t13-,17-,19-/m0/s1. The van der Waals surface area contributed by atoms with E-state index in [1.165, 1.54) is 22.5 Å². The van der Waals surface area contributed by atoms with Gasteiger partial charge in [-0.3, -0.25) is 0 Å². The van der Waals surface area contributed by atoms with Gasteiger partial charge in [0, 0.05) is 31.1 Å². The molecule has 26 heavy (non-hydrogen) atoms. The largest absolute Gasteiger partial charge is 0.493 e. The first-order valence-electron chi connectivity index (χ1n) is 8.50. The van der Waals surface area contributed by atoms with E-state index in [1.54, 1.807) is 7.11 Å². The molecular formula is C19H20FNO4S. The molecule has 1 fully saturated rings. The molecule has 0 aliphatic carbocycles. The molecule has 5 nitrogen and oxygen atoms in total. The molecule has 2 aromatic rings. The maximum Gasteiger partial charge on any atom is 0.243 e. The quantitative estimate of drug-likeness (QED) is 0.822. The minimum absolute atomic E-state index is 0.00631. The van der Waals surface area contributed by atoms with E-state index in [4.69, 9.17) is 9.47 Å². The second kappa shape index (κ2) is 6.64. The van der Waals surface area contributed by atoms with Crippen LogP contribution < -0.4 is 4.74 Å². The summed E-state index contributed by atoms with van der Waals surface area (Å²) < 4.78 is 52.8. The molecule has 0 aromatic heterocycles. The van der Waals surface area contributed by atoms with Gasteiger partial charge in [0.15, 0.2) is 0 Å². The van der Waals surface area contributed by atoms with Gasteiger partial charge in [-0.25, -0.2) is 12.8 Å². The number of sulfonamides is 1. The number of hydrogen-bond acceptors (Lipinski definition) is 4. The van der Waals surface area contributed by atoms with Crippen molar-refractivity contribution in [2.75, 3.05) is 26.9 Å². The fraction of sp³-hybridized carbons (Fsp3) is 0.368. The van der Waals surface area contributed by atoms with Crippen molar-refractivity contribution in [3.8, 4) is 5.75 Å². The number of hydrogen-bond donors (Lipinski definition) is 0. The highest BCUT2D eigenvalue weighted by Crippen LogP contribution is 2.49. The van der Waals surface area contributed by atoms with Gasteiger partial charge in [0.05, 0.1) is 24.2 Å². The number of fused-ring (bicyclic) bond motifs is 3. The van der Waals surface area contributed by atoms with Crippen molar-refractivity contribution in [2.24, 2.45) is 11.8 Å². The van der Waals surface area contributed by atoms with Gasteiger partial charge in [0.25, 0.3) is 0 Å². The number of methoxy groups -OCH3 is 1. The minimum atomic E-state index is -3.84. The zero-order valence-corrected chi connectivity index (χ0v) is 15.2. The Kier molecular flexibility index (Phi) is 4.46. The van der Waals surface area contributed by atoms with Gasteiger partial charge in [0.1, 0.15) is 11.6 Å². The zero-order chi connectivity index (χ0) is 18.3. The Morgan fingerprint density at radius 2 is 2.04 bits per heavy atom. The summed E-state index contributed by atoms with van der Waals surface area (Å²) in [6.07, 6.45) is 0. The third-order valence-electron chi connectivity index (χ3n) is 5.19. The van der Waals surface area contributed by atoms with Crippen LogP contribution in [0.25, 0.3) is 0 Å². The van der Waals surface area contributed by atoms with E-state index in [0.29, 0.717) is 25.5 Å². The van der Waals surface area contributed by atoms with Gasteiger partial charge < -0.3 is 9.47 Å². The number of ether oxygens (including phenoxy) is 2. The van der Waals surface area contributed by atoms with Crippen molar-refractivity contribution in [3.63, 3.8) is 0 Å². The third kappa shape index (κ3) is 2.80. The lowest BCUT2D eigenvalue weighted by molar-refractivity contribution is 0.102. The summed E-state index contributed by atoms with van der Waals surface area (Å²) in [4.78, 5) is -0.0294. The smallest absolute Gasteiger partial charge is 0.243 e. The molecular weight excluding hydrogens is 357 g/mol. The summed E-state index contributed by atoms with van der Waals surface area (Å²) in [6.45, 7) is 1.20. The number of halogens is 1. The minimum Gasteiger partial charge on any atom is -0.493 e. The van der Waals surface area contributed by atoms with E-state index in [9.17, 15) is 12.8 Å². The zero-order valence-electron chi connectivity index (χ0n) is 14.3. The Balaban J connectivity index is 1.80. The molecule has 0 saturated carbocycles. The number of rotatable bonds is 4. The van der Waals surface area contributed by atoms with Crippen LogP contribution in [0.15, 0.2) is 53.4 Å². The predicted molar refractivity (Wildman–Crippen MR) is 93.8 cm³/mol. The lowest BCUT2D eigenvalue weighted by atomic mass is 9.86. The molecule has 1 saturated heterocycles. The average molecular weight is 377 g/mol. The topological polar surface area (TPSA) is 55.8 Å². The summed E-state index contributed by atoms with van der Waals surface area (Å²) in [5, 5.41) is 0. The van der Waals surface area contributed by atoms with Crippen LogP contribution in [-0.2, 0) is 14.8 Å². The van der Waals surface area contributed by atoms with E-state index in [0.717, 1.165) is 11.6 Å². The van der Waals surface area contributed by atoms with Crippen molar-refractivity contribution in [1.82, 2.24) is 4.31 Å². The van der Waals surface area contributed by atoms with Gasteiger partial charge in [0.2, 0.25) is 10.0 Å². The number of nitrogens with zero attached hydrogens (tertiary/aromatic N) is 1. The highest BCUT2D eigenvalue weighted by molar-refractivity contribution is 7.89. The van der Waals surface area contributed by atoms with E-state index in [-0.39, 0.29) is 22.8 Å². The summed E-state index contributed by atoms with van der Waals surface area (Å²) in [5.41, 5.74) is 0.849. The van der Waals surface area contributed by atoms with E-state index in [1.807, 2.05) is 24.3 Å². The van der Waals surface area contributed by atoms with Crippen molar-refractivity contribution in [1.29, 1.82) is 0 Å². The normalized spacial score (nSPS) is 25.4. The molecule has 0 N–H and O–H groups in total. The lowest BCUT2D eigenvalue weighted by Gasteiger charge is -2.34. The molecule has 2 aromatic carbocycles. The molecule has 3 atom stereocenters. The first-order chi connectivity index (χ1) is 12.5. The first kappa shape index (κ1) is 17.5. The molecule has 0 radical (unpaired) electrons. The van der Waals surface area contributed by atoms with Gasteiger partial charge in [-0.2, -0.15) is 4.31 Å². The maximum absolute atomic E-state index is 13.6. The first-order valence-corrected chi connectivity index (χ1v) is 9.94. The summed E-state index contributed by atoms with van der Waals surface area (Å²) in [7, 11) is -2.24. The summed E-state index contributed by atoms with van der Waals surface area (Å²) >= 11 is 0. The summed E-state index contributed by atoms with van der Waals surface area (Å²) in [5.74, 6) is 0.142. The highest BCUT2D eigenvalue weighted by atomic mass is 32.2. The molecule has 0 spiro atoms. The van der Waals surface area contributed by atoms with Crippen LogP contribution in [-0.4, -0.2) is 39.6 Å². The average Bonchev–Trinajstić information content (AvgIpc) is 3.02. The summed E-state index contributed by atoms with van der Waals surface area (Å²) in [6, 6.07) is 12.3. The van der Waals surface area contributed by atoms with Crippen LogP contribution >= 0.6 is 0 Å².